The second-order valence-corrected chi connectivity index (χ2v) is 9.31. The van der Waals surface area contributed by atoms with Gasteiger partial charge < -0.3 is 19.9 Å². The monoisotopic (exact) mass is 498 g/mol. The van der Waals surface area contributed by atoms with Gasteiger partial charge in [0.25, 0.3) is 0 Å². The quantitative estimate of drug-likeness (QED) is 0.320. The fraction of sp³-hybridized carbons (Fsp3) is 0.360. The van der Waals surface area contributed by atoms with Gasteiger partial charge in [0.05, 0.1) is 23.7 Å². The molecule has 0 radical (unpaired) electrons. The minimum absolute atomic E-state index is 0.000479. The maximum atomic E-state index is 13.6. The van der Waals surface area contributed by atoms with Gasteiger partial charge in [0.15, 0.2) is 11.5 Å². The summed E-state index contributed by atoms with van der Waals surface area (Å²) in [5.41, 5.74) is 1.53. The minimum Gasteiger partial charge on any atom is -0.500 e. The molecule has 35 heavy (non-hydrogen) atoms. The zero-order chi connectivity index (χ0) is 25.3. The molecule has 9 nitrogen and oxygen atoms in total. The Labute approximate surface area is 206 Å². The molecule has 0 unspecified atom stereocenters. The van der Waals surface area contributed by atoms with Crippen LogP contribution in [0.1, 0.15) is 55.9 Å². The van der Waals surface area contributed by atoms with Gasteiger partial charge in [-0.3, -0.25) is 14.9 Å². The van der Waals surface area contributed by atoms with E-state index in [-0.39, 0.29) is 42.7 Å². The van der Waals surface area contributed by atoms with Crippen LogP contribution in [0.2, 0.25) is 0 Å². The van der Waals surface area contributed by atoms with E-state index in [0.29, 0.717) is 29.0 Å². The number of thiophene rings is 1. The van der Waals surface area contributed by atoms with Gasteiger partial charge in [0.2, 0.25) is 5.75 Å². The maximum absolute atomic E-state index is 13.6. The Morgan fingerprint density at radius 3 is 2.69 bits per heavy atom. The number of benzene rings is 1. The first-order valence-electron chi connectivity index (χ1n) is 11.3. The van der Waals surface area contributed by atoms with Crippen LogP contribution >= 0.6 is 11.3 Å². The van der Waals surface area contributed by atoms with Gasteiger partial charge in [-0.15, -0.1) is 11.3 Å². The average molecular weight is 499 g/mol. The second-order valence-electron chi connectivity index (χ2n) is 8.33. The van der Waals surface area contributed by atoms with Crippen molar-refractivity contribution in [3.8, 4) is 11.5 Å². The number of phenols is 1. The molecule has 1 aliphatic heterocycles. The number of esters is 1. The molecule has 0 saturated carbocycles. The summed E-state index contributed by atoms with van der Waals surface area (Å²) in [6.45, 7) is 5.38. The van der Waals surface area contributed by atoms with Crippen molar-refractivity contribution in [1.29, 1.82) is 0 Å². The molecule has 2 aromatic rings. The van der Waals surface area contributed by atoms with E-state index in [1.807, 2.05) is 17.5 Å². The van der Waals surface area contributed by atoms with Crippen LogP contribution in [-0.2, 0) is 14.3 Å². The molecular formula is C25H26N2O7S. The van der Waals surface area contributed by atoms with E-state index in [1.54, 1.807) is 32.1 Å². The van der Waals surface area contributed by atoms with E-state index in [4.69, 9.17) is 9.47 Å². The summed E-state index contributed by atoms with van der Waals surface area (Å²) in [7, 11) is 0. The zero-order valence-electron chi connectivity index (χ0n) is 19.6. The highest BCUT2D eigenvalue weighted by atomic mass is 32.1. The average Bonchev–Trinajstić information content (AvgIpc) is 3.34. The van der Waals surface area contributed by atoms with Crippen LogP contribution in [0.4, 0.5) is 5.69 Å². The predicted octanol–water partition coefficient (Wildman–Crippen LogP) is 4.69. The number of nitrogens with one attached hydrogen (secondary N) is 1. The van der Waals surface area contributed by atoms with E-state index in [1.165, 1.54) is 12.1 Å². The number of carbonyl (C=O) groups excluding carboxylic acids is 2. The summed E-state index contributed by atoms with van der Waals surface area (Å²) in [5.74, 6) is -2.35. The molecule has 2 aliphatic rings. The fourth-order valence-corrected chi connectivity index (χ4v) is 5.59. The molecule has 10 heteroatoms. The smallest absolute Gasteiger partial charge is 0.336 e. The van der Waals surface area contributed by atoms with Crippen molar-refractivity contribution in [3.05, 3.63) is 72.7 Å². The molecule has 0 bridgehead atoms. The number of ether oxygens (including phenoxy) is 2. The van der Waals surface area contributed by atoms with Crippen molar-refractivity contribution in [2.75, 3.05) is 13.2 Å². The summed E-state index contributed by atoms with van der Waals surface area (Å²) < 4.78 is 10.8. The fourth-order valence-electron chi connectivity index (χ4n) is 4.76. The Morgan fingerprint density at radius 1 is 1.29 bits per heavy atom. The molecule has 2 atom stereocenters. The van der Waals surface area contributed by atoms with Gasteiger partial charge in [-0.2, -0.15) is 0 Å². The Hall–Kier alpha value is -3.66. The third-order valence-corrected chi connectivity index (χ3v) is 7.21. The predicted molar refractivity (Wildman–Crippen MR) is 129 cm³/mol. The van der Waals surface area contributed by atoms with Crippen molar-refractivity contribution < 1.29 is 29.1 Å². The maximum Gasteiger partial charge on any atom is 0.336 e. The van der Waals surface area contributed by atoms with Crippen LogP contribution < -0.4 is 10.1 Å². The van der Waals surface area contributed by atoms with Gasteiger partial charge in [0.1, 0.15) is 0 Å². The van der Waals surface area contributed by atoms with Crippen molar-refractivity contribution in [2.45, 2.75) is 45.4 Å². The zero-order valence-corrected chi connectivity index (χ0v) is 20.4. The van der Waals surface area contributed by atoms with E-state index in [9.17, 15) is 24.8 Å². The van der Waals surface area contributed by atoms with Gasteiger partial charge in [-0.25, -0.2) is 4.79 Å². The Kier molecular flexibility index (Phi) is 6.93. The number of hydrogen-bond donors (Lipinski definition) is 2. The summed E-state index contributed by atoms with van der Waals surface area (Å²) in [5, 5.41) is 27.3. The number of phenolic OH excluding ortho intramolecular Hbond substituents is 1. The summed E-state index contributed by atoms with van der Waals surface area (Å²) in [6, 6.07) is 6.60. The number of Topliss-reactive ketones (excluding diaryl/α,β-unsaturated/α-hetero) is 1. The molecule has 0 saturated heterocycles. The first-order valence-corrected chi connectivity index (χ1v) is 12.2. The van der Waals surface area contributed by atoms with Crippen molar-refractivity contribution >= 4 is 28.8 Å². The highest BCUT2D eigenvalue weighted by Crippen LogP contribution is 2.49. The number of nitrogens with zero attached hydrogens (tertiary/aromatic N) is 1. The minimum atomic E-state index is -0.902. The topological polar surface area (TPSA) is 128 Å². The molecule has 1 aliphatic carbocycles. The van der Waals surface area contributed by atoms with Crippen molar-refractivity contribution in [1.82, 2.24) is 5.32 Å². The first kappa shape index (κ1) is 24.5. The highest BCUT2D eigenvalue weighted by molar-refractivity contribution is 7.10. The standard InChI is InChI=1S/C25H26N2O7S/c1-4-33-19-12-15(10-17(24(19)29)27(31)32)22-21(25(30)34-5-2)13(3)26-16-9-14(11-18(28)23(16)22)20-7-6-8-35-20/h6-8,10,12,14,22,26,29H,4-5,9,11H2,1-3H3/t14-,22+/m1/s1. The molecule has 1 aromatic carbocycles. The van der Waals surface area contributed by atoms with Crippen LogP contribution in [0.5, 0.6) is 11.5 Å². The van der Waals surface area contributed by atoms with E-state index in [2.05, 4.69) is 5.32 Å². The van der Waals surface area contributed by atoms with Gasteiger partial charge in [0, 0.05) is 46.2 Å². The lowest BCUT2D eigenvalue weighted by molar-refractivity contribution is -0.386. The van der Waals surface area contributed by atoms with Crippen LogP contribution in [0.15, 0.2) is 52.2 Å². The first-order chi connectivity index (χ1) is 16.8. The Bertz CT molecular complexity index is 1250. The molecule has 2 heterocycles. The van der Waals surface area contributed by atoms with Crippen LogP contribution in [0.3, 0.4) is 0 Å². The molecule has 2 N–H and O–H groups in total. The Morgan fingerprint density at radius 2 is 2.06 bits per heavy atom. The van der Waals surface area contributed by atoms with Crippen LogP contribution in [-0.4, -0.2) is 35.0 Å². The second kappa shape index (κ2) is 9.91. The lowest BCUT2D eigenvalue weighted by Gasteiger charge is -2.36. The van der Waals surface area contributed by atoms with Crippen LogP contribution in [0.25, 0.3) is 0 Å². The highest BCUT2D eigenvalue weighted by Gasteiger charge is 2.42. The van der Waals surface area contributed by atoms with Gasteiger partial charge in [-0.05, 0) is 50.3 Å². The van der Waals surface area contributed by atoms with Gasteiger partial charge >= 0.3 is 11.7 Å². The van der Waals surface area contributed by atoms with Gasteiger partial charge in [-0.1, -0.05) is 6.07 Å². The normalized spacial score (nSPS) is 19.8. The molecule has 0 fully saturated rings. The number of hydrogen-bond acceptors (Lipinski definition) is 9. The molecular weight excluding hydrogens is 472 g/mol. The summed E-state index contributed by atoms with van der Waals surface area (Å²) in [6.07, 6.45) is 0.815. The molecule has 0 amide bonds. The molecule has 1 aromatic heterocycles. The lowest BCUT2D eigenvalue weighted by Crippen LogP contribution is -2.36. The number of allylic oxidation sites excluding steroid dienone is 3. The van der Waals surface area contributed by atoms with Crippen molar-refractivity contribution in [2.24, 2.45) is 0 Å². The number of nitro benzene ring substituents is 1. The van der Waals surface area contributed by atoms with E-state index < -0.39 is 28.2 Å². The summed E-state index contributed by atoms with van der Waals surface area (Å²) in [4.78, 5) is 38.7. The largest absolute Gasteiger partial charge is 0.500 e. The number of nitro groups is 1. The molecule has 0 spiro atoms. The number of aromatic hydroxyl groups is 1. The third-order valence-electron chi connectivity index (χ3n) is 6.18. The SMILES string of the molecule is CCOC(=O)C1=C(C)NC2=C(C(=O)C[C@H](c3cccs3)C2)[C@H]1c1cc(OCC)c(O)c([N+](=O)[O-])c1. The third kappa shape index (κ3) is 4.53. The summed E-state index contributed by atoms with van der Waals surface area (Å²) >= 11 is 1.59. The molecule has 184 valence electrons. The number of dihydropyridines is 1. The van der Waals surface area contributed by atoms with Crippen LogP contribution in [0, 0.1) is 10.1 Å². The van der Waals surface area contributed by atoms with E-state index in [0.717, 1.165) is 4.88 Å². The van der Waals surface area contributed by atoms with Crippen molar-refractivity contribution in [3.63, 3.8) is 0 Å². The Balaban J connectivity index is 1.91. The number of ketones is 1. The van der Waals surface area contributed by atoms with E-state index >= 15 is 0 Å². The number of rotatable bonds is 7. The number of carbonyl (C=O) groups is 2. The lowest BCUT2D eigenvalue weighted by atomic mass is 9.72. The molecule has 4 rings (SSSR count).